The van der Waals surface area contributed by atoms with Crippen LogP contribution in [0.15, 0.2) is 12.7 Å². The maximum absolute atomic E-state index is 11.4. The molecule has 6 heteroatoms. The summed E-state index contributed by atoms with van der Waals surface area (Å²) in [6.07, 6.45) is 2.09. The van der Waals surface area contributed by atoms with E-state index >= 15 is 0 Å². The Bertz CT molecular complexity index is 337. The molecule has 0 amide bonds. The molecule has 0 rings (SSSR count). The Hall–Kier alpha value is -1.85. The molecule has 0 aromatic carbocycles. The van der Waals surface area contributed by atoms with Crippen LogP contribution in [0.2, 0.25) is 0 Å². The fourth-order valence-corrected chi connectivity index (χ4v) is 1.26. The van der Waals surface area contributed by atoms with Crippen molar-refractivity contribution in [2.45, 2.75) is 45.6 Å². The highest BCUT2D eigenvalue weighted by Crippen LogP contribution is 2.02. The van der Waals surface area contributed by atoms with Gasteiger partial charge in [-0.2, -0.15) is 0 Å². The summed E-state index contributed by atoms with van der Waals surface area (Å²) in [5.74, 6) is -1.42. The first kappa shape index (κ1) is 18.1. The van der Waals surface area contributed by atoms with E-state index in [1.165, 1.54) is 0 Å². The van der Waals surface area contributed by atoms with Crippen molar-refractivity contribution in [1.82, 2.24) is 0 Å². The summed E-state index contributed by atoms with van der Waals surface area (Å²) < 4.78 is 14.8. The van der Waals surface area contributed by atoms with Gasteiger partial charge in [0.2, 0.25) is 0 Å². The molecule has 0 aliphatic carbocycles. The molecule has 0 heterocycles. The maximum Gasteiger partial charge on any atom is 0.330 e. The molecule has 1 atom stereocenters. The van der Waals surface area contributed by atoms with Gasteiger partial charge in [-0.1, -0.05) is 20.4 Å². The van der Waals surface area contributed by atoms with Gasteiger partial charge in [-0.05, 0) is 12.8 Å². The molecule has 0 spiro atoms. The lowest BCUT2D eigenvalue weighted by Gasteiger charge is -2.17. The number of carbonyl (C=O) groups is 3. The molecule has 6 nitrogen and oxygen atoms in total. The van der Waals surface area contributed by atoms with Gasteiger partial charge in [-0.3, -0.25) is 9.59 Å². The highest BCUT2D eigenvalue weighted by Gasteiger charge is 2.18. The number of ether oxygens (including phenoxy) is 3. The minimum absolute atomic E-state index is 0.126. The van der Waals surface area contributed by atoms with Gasteiger partial charge >= 0.3 is 17.9 Å². The van der Waals surface area contributed by atoms with Crippen molar-refractivity contribution >= 4 is 17.9 Å². The smallest absolute Gasteiger partial charge is 0.330 e. The van der Waals surface area contributed by atoms with Gasteiger partial charge in [0.05, 0.1) is 0 Å². The second-order valence-electron chi connectivity index (χ2n) is 4.13. The van der Waals surface area contributed by atoms with Crippen LogP contribution in [0, 0.1) is 0 Å². The van der Waals surface area contributed by atoms with Gasteiger partial charge in [-0.25, -0.2) is 4.79 Å². The van der Waals surface area contributed by atoms with E-state index in [2.05, 4.69) is 6.58 Å². The van der Waals surface area contributed by atoms with Gasteiger partial charge in [-0.15, -0.1) is 0 Å². The van der Waals surface area contributed by atoms with Crippen LogP contribution in [0.4, 0.5) is 0 Å². The Labute approximate surface area is 119 Å². The van der Waals surface area contributed by atoms with Crippen molar-refractivity contribution < 1.29 is 28.6 Å². The average Bonchev–Trinajstić information content (AvgIpc) is 2.42. The maximum atomic E-state index is 11.4. The lowest BCUT2D eigenvalue weighted by Crippen LogP contribution is -2.30. The predicted octanol–water partition coefficient (Wildman–Crippen LogP) is 1.77. The molecule has 0 aliphatic rings. The third-order valence-electron chi connectivity index (χ3n) is 2.21. The molecule has 0 saturated carbocycles. The molecule has 0 bridgehead atoms. The lowest BCUT2D eigenvalue weighted by molar-refractivity contribution is -0.165. The Morgan fingerprint density at radius 2 is 1.55 bits per heavy atom. The predicted molar refractivity (Wildman–Crippen MR) is 71.8 cm³/mol. The van der Waals surface area contributed by atoms with E-state index < -0.39 is 18.0 Å². The minimum Gasteiger partial charge on any atom is -0.462 e. The highest BCUT2D eigenvalue weighted by atomic mass is 16.6. The topological polar surface area (TPSA) is 78.9 Å². The Balaban J connectivity index is 4.29. The van der Waals surface area contributed by atoms with Gasteiger partial charge in [0.25, 0.3) is 0 Å². The third-order valence-corrected chi connectivity index (χ3v) is 2.21. The summed E-state index contributed by atoms with van der Waals surface area (Å²) in [4.78, 5) is 33.7. The first-order chi connectivity index (χ1) is 9.53. The second kappa shape index (κ2) is 11.0. The van der Waals surface area contributed by atoms with Gasteiger partial charge in [0, 0.05) is 18.9 Å². The summed E-state index contributed by atoms with van der Waals surface area (Å²) >= 11 is 0. The quantitative estimate of drug-likeness (QED) is 0.346. The monoisotopic (exact) mass is 286 g/mol. The number of hydrogen-bond acceptors (Lipinski definition) is 6. The molecule has 0 N–H and O–H groups in total. The van der Waals surface area contributed by atoms with E-state index in [1.54, 1.807) is 0 Å². The largest absolute Gasteiger partial charge is 0.462 e. The first-order valence-electron chi connectivity index (χ1n) is 6.67. The van der Waals surface area contributed by atoms with Crippen LogP contribution in [0.25, 0.3) is 0 Å². The van der Waals surface area contributed by atoms with Gasteiger partial charge < -0.3 is 14.2 Å². The third kappa shape index (κ3) is 9.13. The van der Waals surface area contributed by atoms with Crippen LogP contribution in [0.1, 0.15) is 39.5 Å². The number of carbonyl (C=O) groups excluding carboxylic acids is 3. The Morgan fingerprint density at radius 3 is 2.10 bits per heavy atom. The van der Waals surface area contributed by atoms with E-state index in [0.717, 1.165) is 6.08 Å². The summed E-state index contributed by atoms with van der Waals surface area (Å²) in [6.45, 7) is 6.66. The van der Waals surface area contributed by atoms with Crippen LogP contribution >= 0.6 is 0 Å². The normalized spacial score (nSPS) is 11.3. The molecule has 0 aliphatic heterocycles. The van der Waals surface area contributed by atoms with E-state index in [0.29, 0.717) is 19.3 Å². The molecular weight excluding hydrogens is 264 g/mol. The van der Waals surface area contributed by atoms with E-state index in [1.807, 2.05) is 13.8 Å². The number of rotatable bonds is 10. The molecule has 0 saturated heterocycles. The molecule has 0 radical (unpaired) electrons. The van der Waals surface area contributed by atoms with E-state index in [-0.39, 0.29) is 25.6 Å². The Kier molecular flexibility index (Phi) is 10.00. The fourth-order valence-electron chi connectivity index (χ4n) is 1.26. The molecule has 1 unspecified atom stereocenters. The van der Waals surface area contributed by atoms with Crippen molar-refractivity contribution in [3.8, 4) is 0 Å². The summed E-state index contributed by atoms with van der Waals surface area (Å²) in [7, 11) is 0. The van der Waals surface area contributed by atoms with E-state index in [9.17, 15) is 14.4 Å². The SMILES string of the molecule is C=CC(=O)OCC(COC(=O)CCC)OC(=O)CCC. The van der Waals surface area contributed by atoms with Gasteiger partial charge in [0.1, 0.15) is 13.2 Å². The van der Waals surface area contributed by atoms with Crippen molar-refractivity contribution in [2.75, 3.05) is 13.2 Å². The van der Waals surface area contributed by atoms with Crippen LogP contribution in [0.3, 0.4) is 0 Å². The van der Waals surface area contributed by atoms with Crippen molar-refractivity contribution in [2.24, 2.45) is 0 Å². The van der Waals surface area contributed by atoms with Crippen LogP contribution in [-0.2, 0) is 28.6 Å². The highest BCUT2D eigenvalue weighted by molar-refractivity contribution is 5.81. The molecule has 114 valence electrons. The van der Waals surface area contributed by atoms with Crippen LogP contribution in [-0.4, -0.2) is 37.2 Å². The van der Waals surface area contributed by atoms with Crippen LogP contribution < -0.4 is 0 Å². The molecule has 20 heavy (non-hydrogen) atoms. The minimum atomic E-state index is -0.793. The van der Waals surface area contributed by atoms with Crippen molar-refractivity contribution in [1.29, 1.82) is 0 Å². The zero-order valence-corrected chi connectivity index (χ0v) is 12.1. The lowest BCUT2D eigenvalue weighted by atomic mass is 10.3. The zero-order chi connectivity index (χ0) is 15.4. The molecular formula is C14H22O6. The molecule has 0 fully saturated rings. The second-order valence-corrected chi connectivity index (χ2v) is 4.13. The van der Waals surface area contributed by atoms with Crippen molar-refractivity contribution in [3.05, 3.63) is 12.7 Å². The summed E-state index contributed by atoms with van der Waals surface area (Å²) in [5.41, 5.74) is 0. The van der Waals surface area contributed by atoms with Gasteiger partial charge in [0.15, 0.2) is 6.10 Å². The van der Waals surface area contributed by atoms with Crippen LogP contribution in [0.5, 0.6) is 0 Å². The molecule has 0 aromatic rings. The van der Waals surface area contributed by atoms with Crippen molar-refractivity contribution in [3.63, 3.8) is 0 Å². The first-order valence-corrected chi connectivity index (χ1v) is 6.67. The fraction of sp³-hybridized carbons (Fsp3) is 0.643. The Morgan fingerprint density at radius 1 is 1.00 bits per heavy atom. The standard InChI is InChI=1S/C14H22O6/c1-4-7-13(16)19-10-11(9-18-12(15)6-3)20-14(17)8-5-2/h6,11H,3-5,7-10H2,1-2H3. The van der Waals surface area contributed by atoms with E-state index in [4.69, 9.17) is 14.2 Å². The zero-order valence-electron chi connectivity index (χ0n) is 12.1. The average molecular weight is 286 g/mol. The summed E-state index contributed by atoms with van der Waals surface area (Å²) in [5, 5.41) is 0. The summed E-state index contributed by atoms with van der Waals surface area (Å²) in [6, 6.07) is 0. The number of esters is 3. The molecule has 0 aromatic heterocycles. The number of hydrogen-bond donors (Lipinski definition) is 0.